The van der Waals surface area contributed by atoms with Gasteiger partial charge in [-0.15, -0.1) is 0 Å². The molecule has 2 saturated carbocycles. The van der Waals surface area contributed by atoms with Crippen LogP contribution in [0.5, 0.6) is 0 Å². The molecular formula is C22H35NO. The second kappa shape index (κ2) is 5.71. The minimum absolute atomic E-state index is 0.0327. The highest BCUT2D eigenvalue weighted by Crippen LogP contribution is 2.65. The zero-order chi connectivity index (χ0) is 17.1. The lowest BCUT2D eigenvalue weighted by Gasteiger charge is -2.46. The van der Waals surface area contributed by atoms with Gasteiger partial charge in [-0.2, -0.15) is 0 Å². The first-order valence-corrected chi connectivity index (χ1v) is 10.0. The van der Waals surface area contributed by atoms with Crippen molar-refractivity contribution in [3.05, 3.63) is 23.8 Å². The third-order valence-electron chi connectivity index (χ3n) is 7.68. The monoisotopic (exact) mass is 329 g/mol. The Balaban J connectivity index is 1.68. The number of fused-ring (bicyclic) bond motifs is 2. The van der Waals surface area contributed by atoms with E-state index in [2.05, 4.69) is 45.2 Å². The Bertz CT molecular complexity index is 558. The van der Waals surface area contributed by atoms with Gasteiger partial charge in [0.1, 0.15) is 0 Å². The van der Waals surface area contributed by atoms with Crippen molar-refractivity contribution >= 4 is 0 Å². The van der Waals surface area contributed by atoms with Gasteiger partial charge in [0.25, 0.3) is 0 Å². The topological polar surface area (TPSA) is 12.5 Å². The fourth-order valence-corrected chi connectivity index (χ4v) is 6.54. The van der Waals surface area contributed by atoms with Gasteiger partial charge >= 0.3 is 0 Å². The normalized spacial score (nSPS) is 43.9. The Morgan fingerprint density at radius 3 is 2.88 bits per heavy atom. The number of allylic oxidation sites excluding steroid dienone is 3. The van der Waals surface area contributed by atoms with Crippen LogP contribution in [-0.2, 0) is 4.74 Å². The lowest BCUT2D eigenvalue weighted by Crippen LogP contribution is -2.45. The average molecular weight is 330 g/mol. The molecule has 1 spiro atoms. The van der Waals surface area contributed by atoms with Crippen LogP contribution >= 0.6 is 0 Å². The van der Waals surface area contributed by atoms with Crippen molar-refractivity contribution in [2.75, 3.05) is 19.7 Å². The summed E-state index contributed by atoms with van der Waals surface area (Å²) in [7, 11) is 0. The van der Waals surface area contributed by atoms with E-state index in [1.807, 2.05) is 0 Å². The molecule has 5 atom stereocenters. The molecule has 2 saturated heterocycles. The van der Waals surface area contributed by atoms with Crippen molar-refractivity contribution in [1.29, 1.82) is 0 Å². The molecule has 0 N–H and O–H groups in total. The van der Waals surface area contributed by atoms with E-state index in [-0.39, 0.29) is 5.60 Å². The summed E-state index contributed by atoms with van der Waals surface area (Å²) in [4.78, 5) is 2.80. The third kappa shape index (κ3) is 2.52. The molecule has 5 unspecified atom stereocenters. The molecule has 0 aromatic heterocycles. The molecule has 134 valence electrons. The summed E-state index contributed by atoms with van der Waals surface area (Å²) in [5.74, 6) is 2.31. The third-order valence-corrected chi connectivity index (χ3v) is 7.68. The Kier molecular flexibility index (Phi) is 4.01. The zero-order valence-electron chi connectivity index (χ0n) is 16.1. The van der Waals surface area contributed by atoms with E-state index >= 15 is 0 Å². The summed E-state index contributed by atoms with van der Waals surface area (Å²) in [5.41, 5.74) is 3.61. The van der Waals surface area contributed by atoms with Crippen molar-refractivity contribution in [3.63, 3.8) is 0 Å². The summed E-state index contributed by atoms with van der Waals surface area (Å²) in [6.45, 7) is 17.0. The molecule has 2 aliphatic heterocycles. The van der Waals surface area contributed by atoms with Gasteiger partial charge in [-0.05, 0) is 83.0 Å². The van der Waals surface area contributed by atoms with Crippen LogP contribution in [0.15, 0.2) is 23.8 Å². The zero-order valence-corrected chi connectivity index (χ0v) is 16.1. The molecule has 0 aromatic rings. The molecule has 4 fully saturated rings. The van der Waals surface area contributed by atoms with Crippen LogP contribution in [0.25, 0.3) is 0 Å². The van der Waals surface area contributed by atoms with Crippen molar-refractivity contribution < 1.29 is 4.74 Å². The summed E-state index contributed by atoms with van der Waals surface area (Å²) < 4.78 is 6.17. The van der Waals surface area contributed by atoms with Crippen LogP contribution in [-0.4, -0.2) is 36.2 Å². The first-order chi connectivity index (χ1) is 11.3. The van der Waals surface area contributed by atoms with Gasteiger partial charge in [-0.1, -0.05) is 23.8 Å². The van der Waals surface area contributed by atoms with Gasteiger partial charge in [0.05, 0.1) is 12.2 Å². The highest BCUT2D eigenvalue weighted by molar-refractivity contribution is 5.26. The van der Waals surface area contributed by atoms with E-state index in [9.17, 15) is 0 Å². The largest absolute Gasteiger partial charge is 0.374 e. The predicted octanol–water partition coefficient (Wildman–Crippen LogP) is 4.81. The average Bonchev–Trinajstić information content (AvgIpc) is 2.98. The highest BCUT2D eigenvalue weighted by atomic mass is 16.5. The SMILES string of the molecule is C=C1C2CCC3(C2)C(CN2CCOC(C)(C)CC23)C1CC=C(C)C. The molecule has 24 heavy (non-hydrogen) atoms. The molecule has 0 radical (unpaired) electrons. The quantitative estimate of drug-likeness (QED) is 0.674. The molecule has 0 amide bonds. The van der Waals surface area contributed by atoms with Gasteiger partial charge in [0.15, 0.2) is 0 Å². The Labute approximate surface area is 148 Å². The van der Waals surface area contributed by atoms with Crippen LogP contribution in [0.1, 0.15) is 59.8 Å². The van der Waals surface area contributed by atoms with Gasteiger partial charge in [0.2, 0.25) is 0 Å². The first-order valence-electron chi connectivity index (χ1n) is 10.0. The van der Waals surface area contributed by atoms with E-state index in [0.717, 1.165) is 31.0 Å². The second-order valence-corrected chi connectivity index (χ2v) is 9.80. The van der Waals surface area contributed by atoms with E-state index in [0.29, 0.717) is 11.3 Å². The number of rotatable bonds is 2. The molecule has 4 rings (SSSR count). The fraction of sp³-hybridized carbons (Fsp3) is 0.818. The van der Waals surface area contributed by atoms with E-state index in [1.165, 1.54) is 44.2 Å². The van der Waals surface area contributed by atoms with Crippen LogP contribution in [0.4, 0.5) is 0 Å². The smallest absolute Gasteiger partial charge is 0.0642 e. The Morgan fingerprint density at radius 1 is 1.33 bits per heavy atom. The number of hydrogen-bond acceptors (Lipinski definition) is 2. The maximum Gasteiger partial charge on any atom is 0.0642 e. The lowest BCUT2D eigenvalue weighted by molar-refractivity contribution is -0.0238. The van der Waals surface area contributed by atoms with Crippen LogP contribution in [0.2, 0.25) is 0 Å². The summed E-state index contributed by atoms with van der Waals surface area (Å²) in [5, 5.41) is 0. The lowest BCUT2D eigenvalue weighted by atomic mass is 9.58. The molecule has 0 aromatic carbocycles. The Hall–Kier alpha value is -0.600. The molecular weight excluding hydrogens is 294 g/mol. The standard InChI is InChI=1S/C22H35NO/c1-15(2)6-7-18-16(3)17-8-9-22(12-17)19(18)14-23-10-11-24-21(4,5)13-20(22)23/h6,17-20H,3,7-14H2,1-2,4-5H3. The van der Waals surface area contributed by atoms with Gasteiger partial charge in [-0.25, -0.2) is 0 Å². The second-order valence-electron chi connectivity index (χ2n) is 9.80. The minimum Gasteiger partial charge on any atom is -0.374 e. The maximum absolute atomic E-state index is 6.17. The van der Waals surface area contributed by atoms with Gasteiger partial charge in [0, 0.05) is 19.1 Å². The van der Waals surface area contributed by atoms with Gasteiger partial charge < -0.3 is 4.74 Å². The minimum atomic E-state index is 0.0327. The number of hydrogen-bond donors (Lipinski definition) is 0. The van der Waals surface area contributed by atoms with Crippen molar-refractivity contribution in [2.24, 2.45) is 23.2 Å². The molecule has 2 heteroatoms. The molecule has 4 aliphatic rings. The van der Waals surface area contributed by atoms with E-state index < -0.39 is 0 Å². The van der Waals surface area contributed by atoms with Gasteiger partial charge in [-0.3, -0.25) is 4.90 Å². The van der Waals surface area contributed by atoms with Crippen LogP contribution in [0, 0.1) is 23.2 Å². The first kappa shape index (κ1) is 16.8. The van der Waals surface area contributed by atoms with Crippen LogP contribution in [0.3, 0.4) is 0 Å². The van der Waals surface area contributed by atoms with E-state index in [4.69, 9.17) is 4.74 Å². The summed E-state index contributed by atoms with van der Waals surface area (Å²) >= 11 is 0. The van der Waals surface area contributed by atoms with Crippen LogP contribution < -0.4 is 0 Å². The molecule has 2 nitrogen and oxygen atoms in total. The van der Waals surface area contributed by atoms with Crippen molar-refractivity contribution in [3.8, 4) is 0 Å². The fourth-order valence-electron chi connectivity index (χ4n) is 6.54. The number of ether oxygens (including phenoxy) is 1. The Morgan fingerprint density at radius 2 is 2.12 bits per heavy atom. The summed E-state index contributed by atoms with van der Waals surface area (Å²) in [6.07, 6.45) is 9.09. The highest BCUT2D eigenvalue weighted by Gasteiger charge is 2.63. The molecule has 2 heterocycles. The predicted molar refractivity (Wildman–Crippen MR) is 100.0 cm³/mol. The van der Waals surface area contributed by atoms with Crippen molar-refractivity contribution in [2.45, 2.75) is 71.4 Å². The van der Waals surface area contributed by atoms with Crippen molar-refractivity contribution in [1.82, 2.24) is 4.90 Å². The van der Waals surface area contributed by atoms with E-state index in [1.54, 1.807) is 5.57 Å². The molecule has 2 bridgehead atoms. The number of nitrogens with zero attached hydrogens (tertiary/aromatic N) is 1. The maximum atomic E-state index is 6.17. The summed E-state index contributed by atoms with van der Waals surface area (Å²) in [6, 6.07) is 0.729. The molecule has 2 aliphatic carbocycles.